The van der Waals surface area contributed by atoms with Crippen molar-refractivity contribution in [3.63, 3.8) is 0 Å². The Morgan fingerprint density at radius 2 is 2.10 bits per heavy atom. The van der Waals surface area contributed by atoms with E-state index in [0.29, 0.717) is 11.6 Å². The first-order chi connectivity index (χ1) is 10.1. The number of carboxylic acid groups (broad SMARTS) is 1. The lowest BCUT2D eigenvalue weighted by Crippen LogP contribution is -2.28. The van der Waals surface area contributed by atoms with Crippen molar-refractivity contribution in [2.75, 3.05) is 0 Å². The van der Waals surface area contributed by atoms with Gasteiger partial charge in [0, 0.05) is 12.6 Å². The minimum absolute atomic E-state index is 0.370. The van der Waals surface area contributed by atoms with Crippen molar-refractivity contribution >= 4 is 5.97 Å². The van der Waals surface area contributed by atoms with Crippen molar-refractivity contribution in [2.45, 2.75) is 58.5 Å². The molecule has 21 heavy (non-hydrogen) atoms. The van der Waals surface area contributed by atoms with E-state index in [1.165, 1.54) is 32.1 Å². The molecule has 1 saturated carbocycles. The molecular formula is C18H27NO2. The monoisotopic (exact) mass is 289 g/mol. The van der Waals surface area contributed by atoms with E-state index in [2.05, 4.69) is 19.2 Å². The van der Waals surface area contributed by atoms with E-state index < -0.39 is 5.97 Å². The fourth-order valence-electron chi connectivity index (χ4n) is 3.28. The van der Waals surface area contributed by atoms with E-state index in [0.717, 1.165) is 23.9 Å². The van der Waals surface area contributed by atoms with Gasteiger partial charge in [-0.2, -0.15) is 0 Å². The van der Waals surface area contributed by atoms with E-state index in [9.17, 15) is 4.79 Å². The minimum atomic E-state index is -0.855. The summed E-state index contributed by atoms with van der Waals surface area (Å²) in [5, 5.41) is 12.6. The van der Waals surface area contributed by atoms with Crippen LogP contribution in [0, 0.1) is 11.8 Å². The molecule has 0 radical (unpaired) electrons. The van der Waals surface area contributed by atoms with Gasteiger partial charge < -0.3 is 10.4 Å². The van der Waals surface area contributed by atoms with Crippen LogP contribution in [0.3, 0.4) is 0 Å². The van der Waals surface area contributed by atoms with Crippen LogP contribution < -0.4 is 5.32 Å². The van der Waals surface area contributed by atoms with Crippen molar-refractivity contribution < 1.29 is 9.90 Å². The van der Waals surface area contributed by atoms with Crippen LogP contribution in [0.1, 0.15) is 61.9 Å². The van der Waals surface area contributed by atoms with Crippen LogP contribution in [0.2, 0.25) is 0 Å². The molecule has 2 unspecified atom stereocenters. The largest absolute Gasteiger partial charge is 0.478 e. The Balaban J connectivity index is 1.85. The predicted octanol–water partition coefficient (Wildman–Crippen LogP) is 4.08. The summed E-state index contributed by atoms with van der Waals surface area (Å²) in [6.45, 7) is 5.42. The Labute approximate surface area is 127 Å². The van der Waals surface area contributed by atoms with Gasteiger partial charge in [0.1, 0.15) is 0 Å². The highest BCUT2D eigenvalue weighted by molar-refractivity contribution is 5.87. The molecule has 3 nitrogen and oxygen atoms in total. The van der Waals surface area contributed by atoms with E-state index in [-0.39, 0.29) is 0 Å². The summed E-state index contributed by atoms with van der Waals surface area (Å²) in [5.74, 6) is 0.800. The van der Waals surface area contributed by atoms with Crippen LogP contribution >= 0.6 is 0 Å². The molecule has 0 heterocycles. The Hall–Kier alpha value is -1.35. The summed E-state index contributed by atoms with van der Waals surface area (Å²) in [7, 11) is 0. The van der Waals surface area contributed by atoms with Gasteiger partial charge in [0.25, 0.3) is 0 Å². The average molecular weight is 289 g/mol. The topological polar surface area (TPSA) is 49.3 Å². The van der Waals surface area contributed by atoms with Crippen LogP contribution in [-0.2, 0) is 6.54 Å². The minimum Gasteiger partial charge on any atom is -0.478 e. The van der Waals surface area contributed by atoms with Crippen LogP contribution in [0.4, 0.5) is 0 Å². The number of carbonyl (C=O) groups is 1. The molecule has 0 saturated heterocycles. The molecule has 3 heteroatoms. The summed E-state index contributed by atoms with van der Waals surface area (Å²) >= 11 is 0. The smallest absolute Gasteiger partial charge is 0.335 e. The van der Waals surface area contributed by atoms with Gasteiger partial charge in [0.15, 0.2) is 0 Å². The molecule has 0 aromatic heterocycles. The maximum absolute atomic E-state index is 11.0. The highest BCUT2D eigenvalue weighted by Crippen LogP contribution is 2.28. The van der Waals surface area contributed by atoms with Gasteiger partial charge >= 0.3 is 5.97 Å². The second kappa shape index (κ2) is 7.60. The van der Waals surface area contributed by atoms with Gasteiger partial charge in [-0.15, -0.1) is 0 Å². The zero-order valence-corrected chi connectivity index (χ0v) is 13.1. The lowest BCUT2D eigenvalue weighted by Gasteiger charge is -2.19. The van der Waals surface area contributed by atoms with Crippen LogP contribution in [0.5, 0.6) is 0 Å². The quantitative estimate of drug-likeness (QED) is 0.803. The number of hydrogen-bond donors (Lipinski definition) is 2. The summed E-state index contributed by atoms with van der Waals surface area (Å²) in [6.07, 6.45) is 6.44. The predicted molar refractivity (Wildman–Crippen MR) is 85.4 cm³/mol. The number of carboxylic acids is 1. The Bertz CT molecular complexity index is 470. The maximum atomic E-state index is 11.0. The lowest BCUT2D eigenvalue weighted by atomic mass is 9.89. The number of benzene rings is 1. The van der Waals surface area contributed by atoms with Crippen molar-refractivity contribution in [1.82, 2.24) is 5.32 Å². The SMILES string of the molecule is CC(C)C1CCCC(NCc2cccc(C(=O)O)c2)CC1. The first-order valence-electron chi connectivity index (χ1n) is 8.12. The lowest BCUT2D eigenvalue weighted by molar-refractivity contribution is 0.0696. The molecule has 2 rings (SSSR count). The van der Waals surface area contributed by atoms with Crippen LogP contribution in [0.15, 0.2) is 24.3 Å². The molecule has 1 aliphatic carbocycles. The van der Waals surface area contributed by atoms with Gasteiger partial charge in [-0.3, -0.25) is 0 Å². The molecule has 1 aliphatic rings. The summed E-state index contributed by atoms with van der Waals surface area (Å²) in [5.41, 5.74) is 1.43. The van der Waals surface area contributed by atoms with Crippen molar-refractivity contribution in [3.05, 3.63) is 35.4 Å². The summed E-state index contributed by atoms with van der Waals surface area (Å²) in [4.78, 5) is 11.0. The second-order valence-corrected chi connectivity index (χ2v) is 6.60. The molecule has 0 amide bonds. The summed E-state index contributed by atoms with van der Waals surface area (Å²) in [6, 6.07) is 7.80. The number of hydrogen-bond acceptors (Lipinski definition) is 2. The van der Waals surface area contributed by atoms with Crippen molar-refractivity contribution in [3.8, 4) is 0 Å². The third-order valence-corrected chi connectivity index (χ3v) is 4.73. The highest BCUT2D eigenvalue weighted by atomic mass is 16.4. The second-order valence-electron chi connectivity index (χ2n) is 6.60. The van der Waals surface area contributed by atoms with Gasteiger partial charge in [-0.05, 0) is 48.8 Å². The fourth-order valence-corrected chi connectivity index (χ4v) is 3.28. The molecule has 1 fully saturated rings. The molecule has 0 bridgehead atoms. The third-order valence-electron chi connectivity index (χ3n) is 4.73. The Kier molecular flexibility index (Phi) is 5.80. The van der Waals surface area contributed by atoms with E-state index in [4.69, 9.17) is 5.11 Å². The molecule has 1 aromatic rings. The van der Waals surface area contributed by atoms with Gasteiger partial charge in [0.05, 0.1) is 5.56 Å². The normalized spacial score (nSPS) is 23.0. The first-order valence-corrected chi connectivity index (χ1v) is 8.12. The van der Waals surface area contributed by atoms with Crippen LogP contribution in [-0.4, -0.2) is 17.1 Å². The summed E-state index contributed by atoms with van der Waals surface area (Å²) < 4.78 is 0. The molecule has 116 valence electrons. The number of nitrogens with one attached hydrogen (secondary N) is 1. The molecule has 0 aliphatic heterocycles. The Morgan fingerprint density at radius 1 is 1.29 bits per heavy atom. The van der Waals surface area contributed by atoms with Gasteiger partial charge in [-0.25, -0.2) is 4.79 Å². The molecular weight excluding hydrogens is 262 g/mol. The molecule has 2 N–H and O–H groups in total. The maximum Gasteiger partial charge on any atom is 0.335 e. The van der Waals surface area contributed by atoms with E-state index >= 15 is 0 Å². The zero-order valence-electron chi connectivity index (χ0n) is 13.1. The number of rotatable bonds is 5. The van der Waals surface area contributed by atoms with E-state index in [1.807, 2.05) is 12.1 Å². The van der Waals surface area contributed by atoms with Crippen LogP contribution in [0.25, 0.3) is 0 Å². The average Bonchev–Trinajstić information content (AvgIpc) is 2.71. The first kappa shape index (κ1) is 16.0. The van der Waals surface area contributed by atoms with E-state index in [1.54, 1.807) is 12.1 Å². The van der Waals surface area contributed by atoms with Gasteiger partial charge in [0.2, 0.25) is 0 Å². The van der Waals surface area contributed by atoms with Crippen molar-refractivity contribution in [1.29, 1.82) is 0 Å². The van der Waals surface area contributed by atoms with Crippen molar-refractivity contribution in [2.24, 2.45) is 11.8 Å². The highest BCUT2D eigenvalue weighted by Gasteiger charge is 2.20. The zero-order chi connectivity index (χ0) is 15.2. The molecule has 1 aromatic carbocycles. The van der Waals surface area contributed by atoms with Gasteiger partial charge in [-0.1, -0.05) is 38.8 Å². The molecule has 2 atom stereocenters. The number of aromatic carboxylic acids is 1. The fraction of sp³-hybridized carbons (Fsp3) is 0.611. The third kappa shape index (κ3) is 4.85. The molecule has 0 spiro atoms. The standard InChI is InChI=1S/C18H27NO2/c1-13(2)15-6-4-8-17(10-9-15)19-12-14-5-3-7-16(11-14)18(20)21/h3,5,7,11,13,15,17,19H,4,6,8-10,12H2,1-2H3,(H,20,21). The Morgan fingerprint density at radius 3 is 2.81 bits per heavy atom.